The molecule has 4 heterocycles. The summed E-state index contributed by atoms with van der Waals surface area (Å²) in [5.74, 6) is 0.729. The van der Waals surface area contributed by atoms with Crippen molar-refractivity contribution in [3.8, 4) is 0 Å². The summed E-state index contributed by atoms with van der Waals surface area (Å²) >= 11 is 0. The van der Waals surface area contributed by atoms with Gasteiger partial charge in [-0.1, -0.05) is 6.07 Å². The third kappa shape index (κ3) is 4.11. The molecule has 2 saturated heterocycles. The maximum atomic E-state index is 10.8. The minimum Gasteiger partial charge on any atom is -0.385 e. The first-order valence-electron chi connectivity index (χ1n) is 10.9. The van der Waals surface area contributed by atoms with Crippen LogP contribution in [0.15, 0.2) is 43.0 Å². The molecule has 1 N–H and O–H groups in total. The molecule has 3 aromatic rings. The van der Waals surface area contributed by atoms with E-state index in [1.807, 2.05) is 6.07 Å². The minimum absolute atomic E-state index is 0.305. The summed E-state index contributed by atoms with van der Waals surface area (Å²) < 4.78 is 5.37. The van der Waals surface area contributed by atoms with Crippen LogP contribution in [0.25, 0.3) is 11.0 Å². The summed E-state index contributed by atoms with van der Waals surface area (Å²) in [6.07, 6.45) is 8.20. The van der Waals surface area contributed by atoms with Crippen molar-refractivity contribution in [1.29, 1.82) is 0 Å². The van der Waals surface area contributed by atoms with Crippen molar-refractivity contribution in [3.63, 3.8) is 0 Å². The van der Waals surface area contributed by atoms with Gasteiger partial charge in [-0.15, -0.1) is 0 Å². The number of benzene rings is 1. The molecule has 0 radical (unpaired) electrons. The number of hydrogen-bond acceptors (Lipinski definition) is 8. The second kappa shape index (κ2) is 8.45. The number of anilines is 1. The molecule has 1 unspecified atom stereocenters. The molecule has 0 bridgehead atoms. The van der Waals surface area contributed by atoms with Gasteiger partial charge in [-0.3, -0.25) is 14.9 Å². The van der Waals surface area contributed by atoms with Crippen LogP contribution in [0.1, 0.15) is 36.9 Å². The molecule has 31 heavy (non-hydrogen) atoms. The largest absolute Gasteiger partial charge is 0.385 e. The van der Waals surface area contributed by atoms with Crippen LogP contribution in [0.4, 0.5) is 5.95 Å². The maximum Gasteiger partial charge on any atom is 0.225 e. The van der Waals surface area contributed by atoms with E-state index in [0.717, 1.165) is 48.7 Å². The molecule has 162 valence electrons. The number of piperazine rings is 1. The lowest BCUT2D eigenvalue weighted by atomic mass is 9.88. The summed E-state index contributed by atoms with van der Waals surface area (Å²) in [5, 5.41) is 10.8. The van der Waals surface area contributed by atoms with Gasteiger partial charge in [-0.05, 0) is 24.6 Å². The van der Waals surface area contributed by atoms with E-state index in [-0.39, 0.29) is 0 Å². The smallest absolute Gasteiger partial charge is 0.225 e. The van der Waals surface area contributed by atoms with Gasteiger partial charge in [-0.25, -0.2) is 9.97 Å². The van der Waals surface area contributed by atoms with Crippen LogP contribution in [0.5, 0.6) is 0 Å². The molecule has 1 atom stereocenters. The SMILES string of the molecule is CC(c1ccc2nccnc2c1)N1CCN(c2ncc(C3(O)CCOCC3)cn2)CC1. The van der Waals surface area contributed by atoms with Gasteiger partial charge in [0.25, 0.3) is 0 Å². The van der Waals surface area contributed by atoms with Crippen LogP contribution in [-0.2, 0) is 10.3 Å². The van der Waals surface area contributed by atoms with E-state index in [1.54, 1.807) is 24.8 Å². The number of ether oxygens (including phenoxy) is 1. The Bertz CT molecular complexity index is 1030. The third-order valence-electron chi connectivity index (χ3n) is 6.62. The highest BCUT2D eigenvalue weighted by Gasteiger charge is 2.33. The molecular weight excluding hydrogens is 392 g/mol. The average molecular weight is 421 g/mol. The highest BCUT2D eigenvalue weighted by Crippen LogP contribution is 2.31. The monoisotopic (exact) mass is 420 g/mol. The second-order valence-electron chi connectivity index (χ2n) is 8.42. The van der Waals surface area contributed by atoms with Crippen molar-refractivity contribution in [2.45, 2.75) is 31.4 Å². The lowest BCUT2D eigenvalue weighted by Gasteiger charge is -2.38. The van der Waals surface area contributed by atoms with Crippen LogP contribution in [0.3, 0.4) is 0 Å². The van der Waals surface area contributed by atoms with Gasteiger partial charge < -0.3 is 14.7 Å². The zero-order valence-electron chi connectivity index (χ0n) is 17.8. The van der Waals surface area contributed by atoms with E-state index in [1.165, 1.54) is 5.56 Å². The molecular formula is C23H28N6O2. The fourth-order valence-corrected chi connectivity index (χ4v) is 4.48. The summed E-state index contributed by atoms with van der Waals surface area (Å²) in [6, 6.07) is 6.64. The first kappa shape index (κ1) is 20.2. The van der Waals surface area contributed by atoms with Crippen molar-refractivity contribution >= 4 is 17.0 Å². The number of fused-ring (bicyclic) bond motifs is 1. The van der Waals surface area contributed by atoms with E-state index in [2.05, 4.69) is 48.8 Å². The van der Waals surface area contributed by atoms with Crippen LogP contribution >= 0.6 is 0 Å². The molecule has 2 fully saturated rings. The Kier molecular flexibility index (Phi) is 5.52. The van der Waals surface area contributed by atoms with Gasteiger partial charge in [-0.2, -0.15) is 0 Å². The van der Waals surface area contributed by atoms with Gasteiger partial charge in [0.15, 0.2) is 0 Å². The van der Waals surface area contributed by atoms with Crippen LogP contribution in [0.2, 0.25) is 0 Å². The van der Waals surface area contributed by atoms with Gasteiger partial charge in [0, 0.05) is 88.6 Å². The minimum atomic E-state index is -0.866. The van der Waals surface area contributed by atoms with E-state index >= 15 is 0 Å². The molecule has 1 aromatic carbocycles. The summed E-state index contributed by atoms with van der Waals surface area (Å²) in [6.45, 7) is 7.00. The maximum absolute atomic E-state index is 10.8. The molecule has 0 saturated carbocycles. The number of aliphatic hydroxyl groups is 1. The average Bonchev–Trinajstić information content (AvgIpc) is 2.84. The lowest BCUT2D eigenvalue weighted by Crippen LogP contribution is -2.47. The number of aromatic nitrogens is 4. The molecule has 0 aliphatic carbocycles. The Morgan fingerprint density at radius 3 is 2.32 bits per heavy atom. The number of hydrogen-bond donors (Lipinski definition) is 1. The van der Waals surface area contributed by atoms with E-state index in [4.69, 9.17) is 4.74 Å². The zero-order valence-corrected chi connectivity index (χ0v) is 17.8. The molecule has 2 aromatic heterocycles. The fraction of sp³-hybridized carbons (Fsp3) is 0.478. The summed E-state index contributed by atoms with van der Waals surface area (Å²) in [7, 11) is 0. The van der Waals surface area contributed by atoms with Crippen molar-refractivity contribution in [3.05, 3.63) is 54.1 Å². The molecule has 8 heteroatoms. The summed E-state index contributed by atoms with van der Waals surface area (Å²) in [5.41, 5.74) is 3.03. The van der Waals surface area contributed by atoms with Crippen molar-refractivity contribution in [2.75, 3.05) is 44.3 Å². The van der Waals surface area contributed by atoms with Crippen LogP contribution < -0.4 is 4.90 Å². The topological polar surface area (TPSA) is 87.5 Å². The predicted molar refractivity (Wildman–Crippen MR) is 118 cm³/mol. The molecule has 0 spiro atoms. The first-order chi connectivity index (χ1) is 15.1. The third-order valence-corrected chi connectivity index (χ3v) is 6.62. The van der Waals surface area contributed by atoms with E-state index in [0.29, 0.717) is 32.1 Å². The van der Waals surface area contributed by atoms with Gasteiger partial charge >= 0.3 is 0 Å². The van der Waals surface area contributed by atoms with Crippen molar-refractivity contribution in [2.24, 2.45) is 0 Å². The Labute approximate surface area is 181 Å². The Hall–Kier alpha value is -2.68. The van der Waals surface area contributed by atoms with Crippen molar-refractivity contribution < 1.29 is 9.84 Å². The van der Waals surface area contributed by atoms with Crippen LogP contribution in [-0.4, -0.2) is 69.3 Å². The number of nitrogens with zero attached hydrogens (tertiary/aromatic N) is 6. The molecule has 5 rings (SSSR count). The number of rotatable bonds is 4. The quantitative estimate of drug-likeness (QED) is 0.688. The van der Waals surface area contributed by atoms with E-state index < -0.39 is 5.60 Å². The highest BCUT2D eigenvalue weighted by molar-refractivity contribution is 5.74. The Morgan fingerprint density at radius 2 is 1.61 bits per heavy atom. The second-order valence-corrected chi connectivity index (χ2v) is 8.42. The fourth-order valence-electron chi connectivity index (χ4n) is 4.48. The lowest BCUT2D eigenvalue weighted by molar-refractivity contribution is -0.0682. The zero-order chi connectivity index (χ0) is 21.3. The Morgan fingerprint density at radius 1 is 0.935 bits per heavy atom. The van der Waals surface area contributed by atoms with Crippen LogP contribution in [0, 0.1) is 0 Å². The highest BCUT2D eigenvalue weighted by atomic mass is 16.5. The molecule has 2 aliphatic heterocycles. The van der Waals surface area contributed by atoms with Crippen molar-refractivity contribution in [1.82, 2.24) is 24.8 Å². The molecule has 8 nitrogen and oxygen atoms in total. The van der Waals surface area contributed by atoms with E-state index in [9.17, 15) is 5.11 Å². The first-order valence-corrected chi connectivity index (χ1v) is 10.9. The van der Waals surface area contributed by atoms with Gasteiger partial charge in [0.05, 0.1) is 16.6 Å². The van der Waals surface area contributed by atoms with Gasteiger partial charge in [0.2, 0.25) is 5.95 Å². The predicted octanol–water partition coefficient (Wildman–Crippen LogP) is 2.30. The Balaban J connectivity index is 1.22. The van der Waals surface area contributed by atoms with Gasteiger partial charge in [0.1, 0.15) is 0 Å². The molecule has 0 amide bonds. The normalized spacial score (nSPS) is 20.6. The molecule has 2 aliphatic rings. The summed E-state index contributed by atoms with van der Waals surface area (Å²) in [4.78, 5) is 22.6. The standard InChI is InChI=1S/C23H28N6O2/c1-17(18-2-3-20-21(14-18)25-7-6-24-20)28-8-10-29(11-9-28)22-26-15-19(16-27-22)23(30)4-12-31-13-5-23/h2-3,6-7,14-17,30H,4-5,8-13H2,1H3.